The van der Waals surface area contributed by atoms with Gasteiger partial charge in [0.2, 0.25) is 0 Å². The summed E-state index contributed by atoms with van der Waals surface area (Å²) in [5.74, 6) is -0.0362. The van der Waals surface area contributed by atoms with E-state index in [2.05, 4.69) is 153 Å². The van der Waals surface area contributed by atoms with E-state index in [9.17, 15) is 8.78 Å². The number of rotatable bonds is 6. The van der Waals surface area contributed by atoms with Crippen LogP contribution in [0.5, 0.6) is 0 Å². The van der Waals surface area contributed by atoms with E-state index < -0.39 is 11.6 Å². The molecule has 0 bridgehead atoms. The minimum absolute atomic E-state index is 0.0869. The Morgan fingerprint density at radius 1 is 0.500 bits per heavy atom. The van der Waals surface area contributed by atoms with Gasteiger partial charge in [0.15, 0.2) is 0 Å². The lowest BCUT2D eigenvalue weighted by Crippen LogP contribution is -2.36. The Bertz CT molecular complexity index is 2090. The molecule has 2 nitrogen and oxygen atoms in total. The van der Waals surface area contributed by atoms with Crippen molar-refractivity contribution in [2.24, 2.45) is 0 Å². The van der Waals surface area contributed by atoms with Crippen molar-refractivity contribution in [3.8, 4) is 0 Å². The highest BCUT2D eigenvalue weighted by molar-refractivity contribution is 5.58. The number of hydrogen-bond donors (Lipinski definition) is 0. The molecule has 0 radical (unpaired) electrons. The van der Waals surface area contributed by atoms with Gasteiger partial charge in [0, 0.05) is 24.8 Å². The normalized spacial score (nSPS) is 16.1. The second-order valence-electron chi connectivity index (χ2n) is 14.7. The summed E-state index contributed by atoms with van der Waals surface area (Å²) in [5.41, 5.74) is 12.3. The third-order valence-electron chi connectivity index (χ3n) is 10.7. The number of halogens is 2. The Labute approximate surface area is 322 Å². The van der Waals surface area contributed by atoms with Gasteiger partial charge in [-0.3, -0.25) is 0 Å². The Hall–Kier alpha value is -5.22. The van der Waals surface area contributed by atoms with Crippen LogP contribution >= 0.6 is 0 Å². The van der Waals surface area contributed by atoms with Crippen molar-refractivity contribution in [2.75, 3.05) is 22.9 Å². The van der Waals surface area contributed by atoms with Crippen LogP contribution in [0.2, 0.25) is 0 Å². The van der Waals surface area contributed by atoms with Crippen LogP contribution in [0, 0.1) is 11.6 Å². The highest BCUT2D eigenvalue weighted by Crippen LogP contribution is 2.40. The monoisotopic (exact) mass is 720 g/mol. The first kappa shape index (κ1) is 38.5. The summed E-state index contributed by atoms with van der Waals surface area (Å²) >= 11 is 0. The van der Waals surface area contributed by atoms with Crippen molar-refractivity contribution in [2.45, 2.75) is 78.3 Å². The fraction of sp³-hybridized carbons (Fsp3) is 0.280. The minimum Gasteiger partial charge on any atom is -0.360 e. The van der Waals surface area contributed by atoms with Gasteiger partial charge in [-0.05, 0) is 93.5 Å². The van der Waals surface area contributed by atoms with Gasteiger partial charge < -0.3 is 9.80 Å². The van der Waals surface area contributed by atoms with E-state index in [1.165, 1.54) is 50.7 Å². The fourth-order valence-corrected chi connectivity index (χ4v) is 7.85. The smallest absolute Gasteiger partial charge is 0.149 e. The van der Waals surface area contributed by atoms with Crippen LogP contribution in [0.4, 0.5) is 20.2 Å². The Morgan fingerprint density at radius 3 is 1.43 bits per heavy atom. The average Bonchev–Trinajstić information content (AvgIpc) is 3.21. The van der Waals surface area contributed by atoms with Gasteiger partial charge in [0.25, 0.3) is 0 Å². The lowest BCUT2D eigenvalue weighted by atomic mass is 9.87. The highest BCUT2D eigenvalue weighted by atomic mass is 19.1. The minimum atomic E-state index is -0.550. The van der Waals surface area contributed by atoms with Crippen LogP contribution < -0.4 is 9.80 Å². The highest BCUT2D eigenvalue weighted by Gasteiger charge is 2.31. The number of anilines is 2. The number of para-hydroxylation sites is 1. The van der Waals surface area contributed by atoms with Crippen LogP contribution in [-0.4, -0.2) is 13.1 Å². The largest absolute Gasteiger partial charge is 0.360 e. The maximum absolute atomic E-state index is 14.6. The van der Waals surface area contributed by atoms with E-state index in [0.717, 1.165) is 31.0 Å². The zero-order chi connectivity index (χ0) is 38.2. The first-order valence-electron chi connectivity index (χ1n) is 19.7. The molecule has 2 aliphatic heterocycles. The molecule has 0 spiro atoms. The predicted octanol–water partition coefficient (Wildman–Crippen LogP) is 13.2. The van der Waals surface area contributed by atoms with E-state index in [1.807, 2.05) is 26.0 Å². The standard InChI is InChI=1S/C24H23F2N.C24H25N.C2H6/c1-16(2)17-7-9-19(10-8-17)24-21-6-4-3-5-18(21)13-14-27(24)23-12-11-20(25)15-22(23)26;1-18(2)19-12-14-21(15-13-19)24-23-11-7-6-8-20(23)16-17-25(24)22-9-4-3-5-10-22;1-2/h3-12,15-16,24H,13-14H2,1-2H3;3-15,18,24H,16-17H2,1-2H3;1-2H3. The van der Waals surface area contributed by atoms with E-state index in [-0.39, 0.29) is 12.1 Å². The predicted molar refractivity (Wildman–Crippen MR) is 224 cm³/mol. The van der Waals surface area contributed by atoms with Gasteiger partial charge in [0.05, 0.1) is 17.8 Å². The maximum atomic E-state index is 14.6. The summed E-state index contributed by atoms with van der Waals surface area (Å²) in [4.78, 5) is 4.61. The van der Waals surface area contributed by atoms with Gasteiger partial charge in [-0.1, -0.05) is 157 Å². The molecule has 8 rings (SSSR count). The van der Waals surface area contributed by atoms with Crippen LogP contribution in [0.15, 0.2) is 146 Å². The molecule has 278 valence electrons. The molecular formula is C50H54F2N2. The lowest BCUT2D eigenvalue weighted by Gasteiger charge is -2.39. The second-order valence-corrected chi connectivity index (χ2v) is 14.7. The van der Waals surface area contributed by atoms with Crippen LogP contribution in [0.25, 0.3) is 0 Å². The van der Waals surface area contributed by atoms with E-state index >= 15 is 0 Å². The van der Waals surface area contributed by atoms with Gasteiger partial charge >= 0.3 is 0 Å². The van der Waals surface area contributed by atoms with Crippen molar-refractivity contribution >= 4 is 11.4 Å². The molecule has 0 saturated heterocycles. The number of fused-ring (bicyclic) bond motifs is 2. The summed E-state index contributed by atoms with van der Waals surface area (Å²) < 4.78 is 28.0. The molecule has 0 N–H and O–H groups in total. The third kappa shape index (κ3) is 8.44. The summed E-state index contributed by atoms with van der Waals surface area (Å²) in [6.45, 7) is 14.6. The van der Waals surface area contributed by atoms with Gasteiger partial charge in [-0.2, -0.15) is 0 Å². The van der Waals surface area contributed by atoms with E-state index in [1.54, 1.807) is 6.07 Å². The number of benzene rings is 6. The van der Waals surface area contributed by atoms with Gasteiger partial charge in [0.1, 0.15) is 11.6 Å². The first-order chi connectivity index (χ1) is 26.3. The Kier molecular flexibility index (Phi) is 12.6. The van der Waals surface area contributed by atoms with Crippen molar-refractivity contribution in [1.29, 1.82) is 0 Å². The Balaban J connectivity index is 0.000000177. The molecule has 54 heavy (non-hydrogen) atoms. The zero-order valence-corrected chi connectivity index (χ0v) is 32.6. The van der Waals surface area contributed by atoms with Gasteiger partial charge in [-0.15, -0.1) is 0 Å². The molecule has 2 unspecified atom stereocenters. The third-order valence-corrected chi connectivity index (χ3v) is 10.7. The van der Waals surface area contributed by atoms with Crippen molar-refractivity contribution in [3.05, 3.63) is 202 Å². The second kappa shape index (κ2) is 17.7. The molecule has 0 aliphatic carbocycles. The molecule has 0 aromatic heterocycles. The molecule has 0 amide bonds. The molecule has 2 aliphatic rings. The van der Waals surface area contributed by atoms with Crippen LogP contribution in [-0.2, 0) is 12.8 Å². The molecule has 6 aromatic carbocycles. The summed E-state index contributed by atoms with van der Waals surface area (Å²) in [7, 11) is 0. The summed E-state index contributed by atoms with van der Waals surface area (Å²) in [6.07, 6.45) is 1.94. The van der Waals surface area contributed by atoms with Crippen LogP contribution in [0.3, 0.4) is 0 Å². The number of hydrogen-bond acceptors (Lipinski definition) is 2. The van der Waals surface area contributed by atoms with Crippen molar-refractivity contribution < 1.29 is 8.78 Å². The average molecular weight is 721 g/mol. The zero-order valence-electron chi connectivity index (χ0n) is 32.6. The SMILES string of the molecule is CC.CC(C)c1ccc(C2c3ccccc3CCN2c2ccc(F)cc2F)cc1.CC(C)c1ccc(C2c3ccccc3CCN2c2ccccc2)cc1. The van der Waals surface area contributed by atoms with E-state index in [4.69, 9.17) is 0 Å². The first-order valence-corrected chi connectivity index (χ1v) is 19.7. The fourth-order valence-electron chi connectivity index (χ4n) is 7.85. The molecular weight excluding hydrogens is 667 g/mol. The van der Waals surface area contributed by atoms with Crippen molar-refractivity contribution in [3.63, 3.8) is 0 Å². The summed E-state index contributed by atoms with van der Waals surface area (Å²) in [5, 5.41) is 0. The molecule has 6 aromatic rings. The van der Waals surface area contributed by atoms with Crippen LogP contribution in [0.1, 0.15) is 110 Å². The molecule has 2 atom stereocenters. The Morgan fingerprint density at radius 2 is 0.944 bits per heavy atom. The quantitative estimate of drug-likeness (QED) is 0.169. The molecule has 0 saturated carbocycles. The molecule has 2 heterocycles. The number of nitrogens with zero attached hydrogens (tertiary/aromatic N) is 2. The molecule has 4 heteroatoms. The van der Waals surface area contributed by atoms with E-state index in [0.29, 0.717) is 24.1 Å². The van der Waals surface area contributed by atoms with Crippen molar-refractivity contribution in [1.82, 2.24) is 0 Å². The van der Waals surface area contributed by atoms with Gasteiger partial charge in [-0.25, -0.2) is 8.78 Å². The molecule has 0 fully saturated rings. The topological polar surface area (TPSA) is 6.48 Å². The maximum Gasteiger partial charge on any atom is 0.149 e. The summed E-state index contributed by atoms with van der Waals surface area (Å²) in [6, 6.07) is 49.9. The lowest BCUT2D eigenvalue weighted by molar-refractivity contribution is 0.566.